The lowest BCUT2D eigenvalue weighted by Gasteiger charge is -2.33. The van der Waals surface area contributed by atoms with Gasteiger partial charge in [-0.15, -0.1) is 0 Å². The Morgan fingerprint density at radius 3 is 2.78 bits per heavy atom. The van der Waals surface area contributed by atoms with Crippen molar-refractivity contribution in [3.63, 3.8) is 0 Å². The molecule has 0 bridgehead atoms. The Bertz CT molecular complexity index is 370. The van der Waals surface area contributed by atoms with E-state index in [0.29, 0.717) is 0 Å². The van der Waals surface area contributed by atoms with Crippen LogP contribution >= 0.6 is 0 Å². The third-order valence-electron chi connectivity index (χ3n) is 4.34. The van der Waals surface area contributed by atoms with Crippen molar-refractivity contribution in [3.05, 3.63) is 35.4 Å². The van der Waals surface area contributed by atoms with Gasteiger partial charge in [-0.2, -0.15) is 0 Å². The molecule has 0 spiro atoms. The van der Waals surface area contributed by atoms with Crippen LogP contribution in [0.25, 0.3) is 0 Å². The fraction of sp³-hybridized carbons (Fsp3) is 0.647. The minimum Gasteiger partial charge on any atom is -0.306 e. The Morgan fingerprint density at radius 2 is 2.06 bits per heavy atom. The number of hydrogen-bond acceptors (Lipinski definition) is 1. The molecule has 1 fully saturated rings. The van der Waals surface area contributed by atoms with Gasteiger partial charge < -0.3 is 4.90 Å². The van der Waals surface area contributed by atoms with Crippen LogP contribution in [-0.2, 0) is 6.42 Å². The molecule has 18 heavy (non-hydrogen) atoms. The van der Waals surface area contributed by atoms with Gasteiger partial charge in [0, 0.05) is 6.04 Å². The molecule has 1 aromatic carbocycles. The molecule has 1 aliphatic rings. The van der Waals surface area contributed by atoms with Crippen LogP contribution in [0.1, 0.15) is 56.1 Å². The predicted octanol–water partition coefficient (Wildman–Crippen LogP) is 4.23. The molecule has 1 aromatic rings. The summed E-state index contributed by atoms with van der Waals surface area (Å²) in [6.45, 7) is 2.26. The summed E-state index contributed by atoms with van der Waals surface area (Å²) in [5, 5.41) is 0. The van der Waals surface area contributed by atoms with E-state index in [9.17, 15) is 0 Å². The van der Waals surface area contributed by atoms with E-state index in [2.05, 4.69) is 50.2 Å². The Morgan fingerprint density at radius 1 is 1.22 bits per heavy atom. The normalized spacial score (nSPS) is 24.4. The summed E-state index contributed by atoms with van der Waals surface area (Å²) >= 11 is 0. The molecule has 2 rings (SSSR count). The van der Waals surface area contributed by atoms with Crippen LogP contribution in [0.15, 0.2) is 24.3 Å². The summed E-state index contributed by atoms with van der Waals surface area (Å²) in [6.07, 6.45) is 7.93. The van der Waals surface area contributed by atoms with Crippen LogP contribution in [0.3, 0.4) is 0 Å². The van der Waals surface area contributed by atoms with E-state index in [0.717, 1.165) is 12.0 Å². The van der Waals surface area contributed by atoms with Crippen LogP contribution in [0.5, 0.6) is 0 Å². The number of rotatable bonds is 4. The van der Waals surface area contributed by atoms with Crippen molar-refractivity contribution in [2.75, 3.05) is 14.1 Å². The van der Waals surface area contributed by atoms with Crippen LogP contribution in [0, 0.1) is 0 Å². The minimum atomic E-state index is 0.776. The summed E-state index contributed by atoms with van der Waals surface area (Å²) in [6, 6.07) is 10.1. The summed E-state index contributed by atoms with van der Waals surface area (Å²) in [7, 11) is 4.45. The molecule has 0 aliphatic heterocycles. The lowest BCUT2D eigenvalue weighted by atomic mass is 9.80. The Kier molecular flexibility index (Phi) is 4.82. The van der Waals surface area contributed by atoms with Crippen LogP contribution in [-0.4, -0.2) is 25.0 Å². The average molecular weight is 245 g/mol. The van der Waals surface area contributed by atoms with Gasteiger partial charge in [0.2, 0.25) is 0 Å². The smallest absolute Gasteiger partial charge is 0.00949 e. The third-order valence-corrected chi connectivity index (χ3v) is 4.34. The number of hydrogen-bond donors (Lipinski definition) is 0. The third kappa shape index (κ3) is 3.35. The van der Waals surface area contributed by atoms with E-state index >= 15 is 0 Å². The molecule has 0 N–H and O–H groups in total. The van der Waals surface area contributed by atoms with E-state index in [1.165, 1.54) is 44.1 Å². The fourth-order valence-electron chi connectivity index (χ4n) is 3.23. The second-order valence-corrected chi connectivity index (χ2v) is 5.98. The SMILES string of the molecule is CCCc1cccc(C2CCCC(N(C)C)C2)c1. The maximum atomic E-state index is 2.45. The van der Waals surface area contributed by atoms with Crippen molar-refractivity contribution >= 4 is 0 Å². The molecular formula is C17H27N. The second-order valence-electron chi connectivity index (χ2n) is 5.98. The lowest BCUT2D eigenvalue weighted by molar-refractivity contribution is 0.213. The van der Waals surface area contributed by atoms with Crippen molar-refractivity contribution in [1.82, 2.24) is 4.90 Å². The zero-order chi connectivity index (χ0) is 13.0. The van der Waals surface area contributed by atoms with E-state index in [-0.39, 0.29) is 0 Å². The highest BCUT2D eigenvalue weighted by Crippen LogP contribution is 2.34. The van der Waals surface area contributed by atoms with Gasteiger partial charge in [0.25, 0.3) is 0 Å². The molecule has 0 aromatic heterocycles. The zero-order valence-electron chi connectivity index (χ0n) is 12.2. The minimum absolute atomic E-state index is 0.776. The van der Waals surface area contributed by atoms with Gasteiger partial charge >= 0.3 is 0 Å². The molecule has 0 saturated heterocycles. The molecule has 1 saturated carbocycles. The van der Waals surface area contributed by atoms with Crippen LogP contribution < -0.4 is 0 Å². The highest BCUT2D eigenvalue weighted by molar-refractivity contribution is 5.27. The lowest BCUT2D eigenvalue weighted by Crippen LogP contribution is -2.32. The first-order chi connectivity index (χ1) is 8.70. The monoisotopic (exact) mass is 245 g/mol. The highest BCUT2D eigenvalue weighted by atomic mass is 15.1. The molecule has 1 nitrogen and oxygen atoms in total. The largest absolute Gasteiger partial charge is 0.306 e. The van der Waals surface area contributed by atoms with Crippen molar-refractivity contribution < 1.29 is 0 Å². The van der Waals surface area contributed by atoms with E-state index in [1.807, 2.05) is 0 Å². The predicted molar refractivity (Wildman–Crippen MR) is 79.1 cm³/mol. The number of nitrogens with zero attached hydrogens (tertiary/aromatic N) is 1. The van der Waals surface area contributed by atoms with Gasteiger partial charge in [-0.25, -0.2) is 0 Å². The molecule has 1 aliphatic carbocycles. The van der Waals surface area contributed by atoms with Gasteiger partial charge in [-0.1, -0.05) is 44.0 Å². The molecule has 0 amide bonds. The first-order valence-electron chi connectivity index (χ1n) is 7.46. The average Bonchev–Trinajstić information content (AvgIpc) is 2.39. The summed E-state index contributed by atoms with van der Waals surface area (Å²) in [4.78, 5) is 2.40. The quantitative estimate of drug-likeness (QED) is 0.767. The Hall–Kier alpha value is -0.820. The van der Waals surface area contributed by atoms with Crippen molar-refractivity contribution in [2.45, 2.75) is 57.4 Å². The molecule has 0 radical (unpaired) electrons. The van der Waals surface area contributed by atoms with Crippen molar-refractivity contribution in [2.24, 2.45) is 0 Å². The molecular weight excluding hydrogens is 218 g/mol. The van der Waals surface area contributed by atoms with E-state index < -0.39 is 0 Å². The van der Waals surface area contributed by atoms with Crippen LogP contribution in [0.2, 0.25) is 0 Å². The van der Waals surface area contributed by atoms with Crippen LogP contribution in [0.4, 0.5) is 0 Å². The van der Waals surface area contributed by atoms with E-state index in [4.69, 9.17) is 0 Å². The topological polar surface area (TPSA) is 3.24 Å². The van der Waals surface area contributed by atoms with Crippen molar-refractivity contribution in [1.29, 1.82) is 0 Å². The standard InChI is InChI=1S/C17H27N/c1-4-7-14-8-5-9-15(12-14)16-10-6-11-17(13-16)18(2)3/h5,8-9,12,16-17H,4,6-7,10-11,13H2,1-3H3. The second kappa shape index (κ2) is 6.38. The van der Waals surface area contributed by atoms with Gasteiger partial charge in [0.1, 0.15) is 0 Å². The Balaban J connectivity index is 2.08. The number of benzene rings is 1. The van der Waals surface area contributed by atoms with Gasteiger partial charge in [-0.05, 0) is 56.8 Å². The highest BCUT2D eigenvalue weighted by Gasteiger charge is 2.24. The summed E-state index contributed by atoms with van der Waals surface area (Å²) in [5.41, 5.74) is 3.09. The summed E-state index contributed by atoms with van der Waals surface area (Å²) in [5.74, 6) is 0.781. The van der Waals surface area contributed by atoms with Crippen molar-refractivity contribution in [3.8, 4) is 0 Å². The summed E-state index contributed by atoms with van der Waals surface area (Å²) < 4.78 is 0. The van der Waals surface area contributed by atoms with Gasteiger partial charge in [0.15, 0.2) is 0 Å². The number of aryl methyl sites for hydroxylation is 1. The Labute approximate surface area is 112 Å². The maximum absolute atomic E-state index is 2.45. The molecule has 2 atom stereocenters. The van der Waals surface area contributed by atoms with Gasteiger partial charge in [-0.3, -0.25) is 0 Å². The molecule has 0 heterocycles. The first kappa shape index (κ1) is 13.6. The first-order valence-corrected chi connectivity index (χ1v) is 7.46. The molecule has 2 unspecified atom stereocenters. The van der Waals surface area contributed by atoms with Gasteiger partial charge in [0.05, 0.1) is 0 Å². The zero-order valence-corrected chi connectivity index (χ0v) is 12.2. The van der Waals surface area contributed by atoms with E-state index in [1.54, 1.807) is 5.56 Å². The molecule has 100 valence electrons. The fourth-order valence-corrected chi connectivity index (χ4v) is 3.23. The maximum Gasteiger partial charge on any atom is 0.00949 e. The molecule has 1 heteroatoms.